The molecule has 0 aromatic rings. The van der Waals surface area contributed by atoms with Crippen molar-refractivity contribution in [1.82, 2.24) is 5.32 Å². The van der Waals surface area contributed by atoms with E-state index in [2.05, 4.69) is 19.2 Å². The molecule has 0 heterocycles. The highest BCUT2D eigenvalue weighted by Gasteiger charge is 2.21. The lowest BCUT2D eigenvalue weighted by molar-refractivity contribution is -0.142. The van der Waals surface area contributed by atoms with Crippen molar-refractivity contribution in [3.8, 4) is 0 Å². The SMILES string of the molecule is CCCC(NC(=O)CC(CN)CC(C)C)C(=O)O. The van der Waals surface area contributed by atoms with E-state index in [1.807, 2.05) is 6.92 Å². The molecule has 0 spiro atoms. The molecular formula is C13H26N2O3. The molecule has 2 unspecified atom stereocenters. The molecule has 1 amide bonds. The average molecular weight is 258 g/mol. The Labute approximate surface area is 109 Å². The van der Waals surface area contributed by atoms with Crippen LogP contribution in [0.2, 0.25) is 0 Å². The Morgan fingerprint density at radius 1 is 1.33 bits per heavy atom. The van der Waals surface area contributed by atoms with Gasteiger partial charge in [0.15, 0.2) is 0 Å². The first-order valence-corrected chi connectivity index (χ1v) is 6.62. The van der Waals surface area contributed by atoms with Gasteiger partial charge in [-0.25, -0.2) is 4.79 Å². The maximum Gasteiger partial charge on any atom is 0.326 e. The minimum absolute atomic E-state index is 0.126. The molecule has 18 heavy (non-hydrogen) atoms. The van der Waals surface area contributed by atoms with Gasteiger partial charge < -0.3 is 16.2 Å². The van der Waals surface area contributed by atoms with Crippen LogP contribution in [0.3, 0.4) is 0 Å². The van der Waals surface area contributed by atoms with Crippen molar-refractivity contribution in [2.24, 2.45) is 17.6 Å². The molecule has 0 saturated carbocycles. The van der Waals surface area contributed by atoms with E-state index < -0.39 is 12.0 Å². The molecule has 0 radical (unpaired) electrons. The molecule has 5 heteroatoms. The largest absolute Gasteiger partial charge is 0.480 e. The molecule has 0 fully saturated rings. The predicted molar refractivity (Wildman–Crippen MR) is 71.1 cm³/mol. The van der Waals surface area contributed by atoms with E-state index in [-0.39, 0.29) is 11.8 Å². The maximum absolute atomic E-state index is 11.8. The smallest absolute Gasteiger partial charge is 0.326 e. The van der Waals surface area contributed by atoms with Crippen LogP contribution in [0.25, 0.3) is 0 Å². The number of carboxylic acid groups (broad SMARTS) is 1. The highest BCUT2D eigenvalue weighted by molar-refractivity contribution is 5.83. The Morgan fingerprint density at radius 2 is 1.94 bits per heavy atom. The molecule has 0 aliphatic carbocycles. The Bertz CT molecular complexity index is 267. The van der Waals surface area contributed by atoms with Gasteiger partial charge in [0.05, 0.1) is 0 Å². The summed E-state index contributed by atoms with van der Waals surface area (Å²) in [5.74, 6) is -0.580. The summed E-state index contributed by atoms with van der Waals surface area (Å²) in [4.78, 5) is 22.7. The number of nitrogens with one attached hydrogen (secondary N) is 1. The van der Waals surface area contributed by atoms with Crippen molar-refractivity contribution < 1.29 is 14.7 Å². The number of hydrogen-bond donors (Lipinski definition) is 3. The van der Waals surface area contributed by atoms with Crippen molar-refractivity contribution in [2.45, 2.75) is 52.5 Å². The zero-order valence-corrected chi connectivity index (χ0v) is 11.6. The molecule has 106 valence electrons. The maximum atomic E-state index is 11.8. The van der Waals surface area contributed by atoms with E-state index in [1.165, 1.54) is 0 Å². The summed E-state index contributed by atoms with van der Waals surface area (Å²) >= 11 is 0. The number of nitrogens with two attached hydrogens (primary N) is 1. The third-order valence-electron chi connectivity index (χ3n) is 2.82. The van der Waals surface area contributed by atoms with Gasteiger partial charge in [0.2, 0.25) is 5.91 Å². The molecular weight excluding hydrogens is 232 g/mol. The summed E-state index contributed by atoms with van der Waals surface area (Å²) in [6.45, 7) is 6.51. The van der Waals surface area contributed by atoms with E-state index in [0.29, 0.717) is 25.3 Å². The standard InChI is InChI=1S/C13H26N2O3/c1-4-5-11(13(17)18)15-12(16)7-10(8-14)6-9(2)3/h9-11H,4-8,14H2,1-3H3,(H,15,16)(H,17,18). The van der Waals surface area contributed by atoms with Crippen LogP contribution in [0.1, 0.15) is 46.5 Å². The third-order valence-corrected chi connectivity index (χ3v) is 2.82. The van der Waals surface area contributed by atoms with Crippen LogP contribution < -0.4 is 11.1 Å². The molecule has 0 saturated heterocycles. The number of hydrogen-bond acceptors (Lipinski definition) is 3. The first-order chi connectivity index (χ1) is 8.40. The van der Waals surface area contributed by atoms with E-state index >= 15 is 0 Å². The fourth-order valence-electron chi connectivity index (χ4n) is 1.99. The van der Waals surface area contributed by atoms with E-state index in [4.69, 9.17) is 10.8 Å². The fourth-order valence-corrected chi connectivity index (χ4v) is 1.99. The summed E-state index contributed by atoms with van der Waals surface area (Å²) in [5, 5.41) is 11.5. The second-order valence-electron chi connectivity index (χ2n) is 5.18. The molecule has 5 nitrogen and oxygen atoms in total. The minimum atomic E-state index is -0.974. The summed E-state index contributed by atoms with van der Waals surface area (Å²) in [6, 6.07) is -0.778. The first kappa shape index (κ1) is 16.9. The summed E-state index contributed by atoms with van der Waals surface area (Å²) in [6.07, 6.45) is 2.37. The lowest BCUT2D eigenvalue weighted by Crippen LogP contribution is -2.41. The van der Waals surface area contributed by atoms with E-state index in [9.17, 15) is 9.59 Å². The van der Waals surface area contributed by atoms with E-state index in [0.717, 1.165) is 12.8 Å². The minimum Gasteiger partial charge on any atom is -0.480 e. The molecule has 0 bridgehead atoms. The van der Waals surface area contributed by atoms with Crippen molar-refractivity contribution in [2.75, 3.05) is 6.54 Å². The quantitative estimate of drug-likeness (QED) is 0.582. The summed E-state index contributed by atoms with van der Waals surface area (Å²) in [5.41, 5.74) is 5.62. The van der Waals surface area contributed by atoms with Crippen LogP contribution in [0, 0.1) is 11.8 Å². The van der Waals surface area contributed by atoms with Crippen molar-refractivity contribution in [3.63, 3.8) is 0 Å². The van der Waals surface area contributed by atoms with Gasteiger partial charge in [0.25, 0.3) is 0 Å². The number of carbonyl (C=O) groups excluding carboxylic acids is 1. The van der Waals surface area contributed by atoms with Crippen LogP contribution in [0.15, 0.2) is 0 Å². The Balaban J connectivity index is 4.24. The van der Waals surface area contributed by atoms with Crippen LogP contribution in [-0.4, -0.2) is 29.6 Å². The number of carbonyl (C=O) groups is 2. The highest BCUT2D eigenvalue weighted by atomic mass is 16.4. The normalized spacial score (nSPS) is 14.3. The number of amides is 1. The molecule has 0 aromatic heterocycles. The average Bonchev–Trinajstić information content (AvgIpc) is 2.26. The molecule has 0 aliphatic rings. The van der Waals surface area contributed by atoms with Gasteiger partial charge >= 0.3 is 5.97 Å². The molecule has 0 aliphatic heterocycles. The van der Waals surface area contributed by atoms with Gasteiger partial charge in [0, 0.05) is 6.42 Å². The van der Waals surface area contributed by atoms with Crippen LogP contribution >= 0.6 is 0 Å². The number of carboxylic acids is 1. The zero-order valence-electron chi connectivity index (χ0n) is 11.6. The number of aliphatic carboxylic acids is 1. The van der Waals surface area contributed by atoms with Gasteiger partial charge in [0.1, 0.15) is 6.04 Å². The molecule has 0 rings (SSSR count). The van der Waals surface area contributed by atoms with E-state index in [1.54, 1.807) is 0 Å². The van der Waals surface area contributed by atoms with Gasteiger partial charge in [-0.1, -0.05) is 27.2 Å². The summed E-state index contributed by atoms with van der Waals surface area (Å²) in [7, 11) is 0. The summed E-state index contributed by atoms with van der Waals surface area (Å²) < 4.78 is 0. The molecule has 4 N–H and O–H groups in total. The molecule has 2 atom stereocenters. The predicted octanol–water partition coefficient (Wildman–Crippen LogP) is 1.37. The topological polar surface area (TPSA) is 92.4 Å². The van der Waals surface area contributed by atoms with Gasteiger partial charge in [-0.05, 0) is 31.2 Å². The second kappa shape index (κ2) is 8.91. The lowest BCUT2D eigenvalue weighted by atomic mass is 9.94. The molecule has 0 aromatic carbocycles. The zero-order chi connectivity index (χ0) is 14.1. The van der Waals surface area contributed by atoms with Crippen LogP contribution in [-0.2, 0) is 9.59 Å². The second-order valence-corrected chi connectivity index (χ2v) is 5.18. The van der Waals surface area contributed by atoms with Gasteiger partial charge in [-0.2, -0.15) is 0 Å². The van der Waals surface area contributed by atoms with Gasteiger partial charge in [-0.15, -0.1) is 0 Å². The Hall–Kier alpha value is -1.10. The monoisotopic (exact) mass is 258 g/mol. The van der Waals surface area contributed by atoms with Crippen molar-refractivity contribution in [3.05, 3.63) is 0 Å². The number of rotatable bonds is 9. The fraction of sp³-hybridized carbons (Fsp3) is 0.846. The van der Waals surface area contributed by atoms with Crippen molar-refractivity contribution in [1.29, 1.82) is 0 Å². The Morgan fingerprint density at radius 3 is 2.33 bits per heavy atom. The van der Waals surface area contributed by atoms with Gasteiger partial charge in [-0.3, -0.25) is 4.79 Å². The lowest BCUT2D eigenvalue weighted by Gasteiger charge is -2.19. The third kappa shape index (κ3) is 7.27. The van der Waals surface area contributed by atoms with Crippen LogP contribution in [0.5, 0.6) is 0 Å². The van der Waals surface area contributed by atoms with Crippen LogP contribution in [0.4, 0.5) is 0 Å². The van der Waals surface area contributed by atoms with Crippen molar-refractivity contribution >= 4 is 11.9 Å². The Kier molecular flexibility index (Phi) is 8.37. The highest BCUT2D eigenvalue weighted by Crippen LogP contribution is 2.14. The first-order valence-electron chi connectivity index (χ1n) is 6.62.